The van der Waals surface area contributed by atoms with Crippen LogP contribution in [0.5, 0.6) is 5.75 Å². The number of para-hydroxylation sites is 2. The standard InChI is InChI=1S/C28H26N4O3S/c1-35-22-13-11-20(12-14-22)30-26(33)17-25-27(34)32(21-7-3-2-4-8-21)28(36)31(25)16-15-19-18-29-24-10-6-5-9-23(19)24/h2-14,18,25,29H,15-17H2,1H3,(H,30,33)/t25-/m1/s1. The fraction of sp³-hybridized carbons (Fsp3) is 0.179. The predicted octanol–water partition coefficient (Wildman–Crippen LogP) is 4.75. The quantitative estimate of drug-likeness (QED) is 0.343. The highest BCUT2D eigenvalue weighted by atomic mass is 32.1. The topological polar surface area (TPSA) is 77.7 Å². The minimum absolute atomic E-state index is 0.0117. The molecule has 1 aliphatic heterocycles. The van der Waals surface area contributed by atoms with E-state index in [1.807, 2.05) is 59.6 Å². The molecule has 1 aliphatic rings. The average Bonchev–Trinajstić information content (AvgIpc) is 3.41. The zero-order valence-corrected chi connectivity index (χ0v) is 20.6. The van der Waals surface area contributed by atoms with Crippen molar-refractivity contribution in [2.45, 2.75) is 18.9 Å². The van der Waals surface area contributed by atoms with Crippen LogP contribution in [-0.4, -0.2) is 46.5 Å². The van der Waals surface area contributed by atoms with Gasteiger partial charge in [0.1, 0.15) is 11.8 Å². The number of hydrogen-bond acceptors (Lipinski definition) is 4. The molecule has 1 atom stereocenters. The number of methoxy groups -OCH3 is 1. The van der Waals surface area contributed by atoms with Crippen LogP contribution < -0.4 is 15.0 Å². The van der Waals surface area contributed by atoms with Crippen LogP contribution in [0.4, 0.5) is 11.4 Å². The van der Waals surface area contributed by atoms with Gasteiger partial charge in [0.2, 0.25) is 5.91 Å². The number of carbonyl (C=O) groups is 2. The van der Waals surface area contributed by atoms with E-state index in [4.69, 9.17) is 17.0 Å². The van der Waals surface area contributed by atoms with E-state index in [-0.39, 0.29) is 18.2 Å². The average molecular weight is 499 g/mol. The molecular formula is C28H26N4O3S. The van der Waals surface area contributed by atoms with Crippen LogP contribution >= 0.6 is 12.2 Å². The first-order valence-electron chi connectivity index (χ1n) is 11.7. The second-order valence-corrected chi connectivity index (χ2v) is 8.96. The van der Waals surface area contributed by atoms with Gasteiger partial charge in [0, 0.05) is 29.3 Å². The molecule has 0 unspecified atom stereocenters. The number of H-pyrrole nitrogens is 1. The zero-order chi connectivity index (χ0) is 25.1. The normalized spacial score (nSPS) is 15.5. The third kappa shape index (κ3) is 4.67. The van der Waals surface area contributed by atoms with Gasteiger partial charge in [-0.1, -0.05) is 36.4 Å². The highest BCUT2D eigenvalue weighted by Crippen LogP contribution is 2.28. The van der Waals surface area contributed by atoms with Gasteiger partial charge in [-0.2, -0.15) is 0 Å². The number of fused-ring (bicyclic) bond motifs is 1. The Bertz CT molecular complexity index is 1400. The third-order valence-corrected chi connectivity index (χ3v) is 6.80. The van der Waals surface area contributed by atoms with Crippen LogP contribution in [0.2, 0.25) is 0 Å². The number of amides is 2. The molecule has 0 spiro atoms. The van der Waals surface area contributed by atoms with E-state index in [0.29, 0.717) is 35.2 Å². The summed E-state index contributed by atoms with van der Waals surface area (Å²) in [5.74, 6) is 0.245. The van der Waals surface area contributed by atoms with Gasteiger partial charge in [-0.05, 0) is 66.7 Å². The monoisotopic (exact) mass is 498 g/mol. The molecule has 182 valence electrons. The molecular weight excluding hydrogens is 472 g/mol. The number of nitrogens with one attached hydrogen (secondary N) is 2. The van der Waals surface area contributed by atoms with Crippen LogP contribution in [0.15, 0.2) is 85.1 Å². The first-order chi connectivity index (χ1) is 17.5. The molecule has 4 aromatic rings. The highest BCUT2D eigenvalue weighted by molar-refractivity contribution is 7.80. The molecule has 7 nitrogen and oxygen atoms in total. The Morgan fingerprint density at radius 1 is 1.03 bits per heavy atom. The minimum atomic E-state index is -0.693. The van der Waals surface area contributed by atoms with Gasteiger partial charge in [0.15, 0.2) is 5.11 Å². The molecule has 0 saturated carbocycles. The highest BCUT2D eigenvalue weighted by Gasteiger charge is 2.43. The van der Waals surface area contributed by atoms with E-state index in [1.54, 1.807) is 31.4 Å². The Balaban J connectivity index is 1.37. The van der Waals surface area contributed by atoms with Crippen molar-refractivity contribution < 1.29 is 14.3 Å². The number of aromatic amines is 1. The molecule has 0 aliphatic carbocycles. The lowest BCUT2D eigenvalue weighted by molar-refractivity contribution is -0.124. The Morgan fingerprint density at radius 3 is 2.50 bits per heavy atom. The van der Waals surface area contributed by atoms with Crippen molar-refractivity contribution in [1.82, 2.24) is 9.88 Å². The zero-order valence-electron chi connectivity index (χ0n) is 19.8. The molecule has 2 amide bonds. The van der Waals surface area contributed by atoms with Gasteiger partial charge in [0.05, 0.1) is 19.2 Å². The lowest BCUT2D eigenvalue weighted by Crippen LogP contribution is -2.39. The number of thiocarbonyl (C=S) groups is 1. The second kappa shape index (κ2) is 10.2. The number of anilines is 2. The van der Waals surface area contributed by atoms with Gasteiger partial charge in [-0.25, -0.2) is 0 Å². The Morgan fingerprint density at radius 2 is 1.75 bits per heavy atom. The number of aromatic nitrogens is 1. The summed E-state index contributed by atoms with van der Waals surface area (Å²) in [4.78, 5) is 33.3. The molecule has 1 aromatic heterocycles. The predicted molar refractivity (Wildman–Crippen MR) is 145 cm³/mol. The maximum absolute atomic E-state index is 13.6. The molecule has 8 heteroatoms. The van der Waals surface area contributed by atoms with E-state index < -0.39 is 6.04 Å². The van der Waals surface area contributed by atoms with Crippen molar-refractivity contribution in [3.63, 3.8) is 0 Å². The molecule has 1 saturated heterocycles. The number of rotatable bonds is 8. The van der Waals surface area contributed by atoms with E-state index in [2.05, 4.69) is 16.4 Å². The first kappa shape index (κ1) is 23.6. The summed E-state index contributed by atoms with van der Waals surface area (Å²) in [5.41, 5.74) is 3.54. The molecule has 1 fully saturated rings. The fourth-order valence-corrected chi connectivity index (χ4v) is 4.96. The minimum Gasteiger partial charge on any atom is -0.497 e. The lowest BCUT2D eigenvalue weighted by atomic mass is 10.1. The van der Waals surface area contributed by atoms with Crippen LogP contribution in [0.3, 0.4) is 0 Å². The van der Waals surface area contributed by atoms with E-state index >= 15 is 0 Å². The van der Waals surface area contributed by atoms with Gasteiger partial charge >= 0.3 is 0 Å². The van der Waals surface area contributed by atoms with Gasteiger partial charge < -0.3 is 19.9 Å². The summed E-state index contributed by atoms with van der Waals surface area (Å²) in [7, 11) is 1.59. The Hall–Kier alpha value is -4.17. The summed E-state index contributed by atoms with van der Waals surface area (Å²) in [6, 6.07) is 23.8. The summed E-state index contributed by atoms with van der Waals surface area (Å²) < 4.78 is 5.17. The number of ether oxygens (including phenoxy) is 1. The van der Waals surface area contributed by atoms with E-state index in [0.717, 1.165) is 16.5 Å². The van der Waals surface area contributed by atoms with Crippen molar-refractivity contribution in [1.29, 1.82) is 0 Å². The van der Waals surface area contributed by atoms with Crippen LogP contribution in [0.25, 0.3) is 10.9 Å². The van der Waals surface area contributed by atoms with E-state index in [9.17, 15) is 9.59 Å². The SMILES string of the molecule is COc1ccc(NC(=O)C[C@@H]2C(=O)N(c3ccccc3)C(=S)N2CCc2c[nH]c3ccccc23)cc1. The maximum atomic E-state index is 13.6. The van der Waals surface area contributed by atoms with Gasteiger partial charge in [0.25, 0.3) is 5.91 Å². The summed E-state index contributed by atoms with van der Waals surface area (Å²) in [6.45, 7) is 0.510. The van der Waals surface area contributed by atoms with E-state index in [1.165, 1.54) is 4.90 Å². The van der Waals surface area contributed by atoms with Gasteiger partial charge in [-0.15, -0.1) is 0 Å². The molecule has 0 bridgehead atoms. The maximum Gasteiger partial charge on any atom is 0.256 e. The van der Waals surface area contributed by atoms with Crippen molar-refractivity contribution in [2.24, 2.45) is 0 Å². The molecule has 2 heterocycles. The molecule has 0 radical (unpaired) electrons. The Kier molecular flexibility index (Phi) is 6.69. The number of carbonyl (C=O) groups excluding carboxylic acids is 2. The number of nitrogens with zero attached hydrogens (tertiary/aromatic N) is 2. The summed E-state index contributed by atoms with van der Waals surface area (Å²) in [6.07, 6.45) is 2.66. The number of benzene rings is 3. The van der Waals surface area contributed by atoms with Crippen molar-refractivity contribution in [2.75, 3.05) is 23.9 Å². The largest absolute Gasteiger partial charge is 0.497 e. The van der Waals surface area contributed by atoms with Crippen molar-refractivity contribution in [3.8, 4) is 5.75 Å². The van der Waals surface area contributed by atoms with Crippen LogP contribution in [-0.2, 0) is 16.0 Å². The smallest absolute Gasteiger partial charge is 0.256 e. The molecule has 5 rings (SSSR count). The van der Waals surface area contributed by atoms with Crippen LogP contribution in [0.1, 0.15) is 12.0 Å². The summed E-state index contributed by atoms with van der Waals surface area (Å²) in [5, 5.41) is 4.44. The lowest BCUT2D eigenvalue weighted by Gasteiger charge is -2.24. The van der Waals surface area contributed by atoms with Crippen LogP contribution in [0, 0.1) is 0 Å². The number of hydrogen-bond donors (Lipinski definition) is 2. The first-order valence-corrected chi connectivity index (χ1v) is 12.1. The second-order valence-electron chi connectivity index (χ2n) is 8.59. The summed E-state index contributed by atoms with van der Waals surface area (Å²) >= 11 is 5.78. The Labute approximate surface area is 214 Å². The molecule has 36 heavy (non-hydrogen) atoms. The molecule has 2 N–H and O–H groups in total. The fourth-order valence-electron chi connectivity index (χ4n) is 4.54. The van der Waals surface area contributed by atoms with Crippen molar-refractivity contribution in [3.05, 3.63) is 90.6 Å². The molecule has 3 aromatic carbocycles. The third-order valence-electron chi connectivity index (χ3n) is 6.38. The van der Waals surface area contributed by atoms with Crippen molar-refractivity contribution >= 4 is 51.4 Å². The van der Waals surface area contributed by atoms with Gasteiger partial charge in [-0.3, -0.25) is 14.5 Å².